The van der Waals surface area contributed by atoms with Crippen LogP contribution in [-0.4, -0.2) is 28.4 Å². The maximum absolute atomic E-state index is 13.0. The van der Waals surface area contributed by atoms with Crippen LogP contribution in [-0.2, 0) is 13.1 Å². The molecule has 7 heteroatoms. The highest BCUT2D eigenvalue weighted by atomic mass is 32.1. The number of hydrogen-bond acceptors (Lipinski definition) is 5. The van der Waals surface area contributed by atoms with E-state index in [9.17, 15) is 9.59 Å². The molecule has 2 amide bonds. The Kier molecular flexibility index (Phi) is 5.53. The minimum Gasteiger partial charge on any atom is -0.359 e. The number of carbonyl (C=O) groups is 2. The van der Waals surface area contributed by atoms with Gasteiger partial charge in [-0.15, -0.1) is 11.3 Å². The van der Waals surface area contributed by atoms with E-state index in [2.05, 4.69) is 10.5 Å². The number of hydrogen-bond donors (Lipinski definition) is 1. The third-order valence-electron chi connectivity index (χ3n) is 4.62. The van der Waals surface area contributed by atoms with Crippen LogP contribution < -0.4 is 5.32 Å². The smallest absolute Gasteiger partial charge is 0.273 e. The fourth-order valence-corrected chi connectivity index (χ4v) is 3.61. The number of nitrogens with one attached hydrogen (secondary N) is 1. The lowest BCUT2D eigenvalue weighted by Gasteiger charge is -2.20. The van der Waals surface area contributed by atoms with Crippen molar-refractivity contribution in [2.75, 3.05) is 6.54 Å². The lowest BCUT2D eigenvalue weighted by Crippen LogP contribution is -2.29. The Bertz CT molecular complexity index is 933. The summed E-state index contributed by atoms with van der Waals surface area (Å²) in [6.07, 6.45) is 2.34. The highest BCUT2D eigenvalue weighted by molar-refractivity contribution is 7.09. The lowest BCUT2D eigenvalue weighted by atomic mass is 10.2. The van der Waals surface area contributed by atoms with Crippen molar-refractivity contribution < 1.29 is 14.1 Å². The Morgan fingerprint density at radius 3 is 2.68 bits per heavy atom. The van der Waals surface area contributed by atoms with Crippen molar-refractivity contribution in [3.05, 3.63) is 75.8 Å². The van der Waals surface area contributed by atoms with Gasteiger partial charge in [-0.3, -0.25) is 9.59 Å². The number of thiophene rings is 1. The van der Waals surface area contributed by atoms with E-state index in [1.54, 1.807) is 34.4 Å². The second kappa shape index (κ2) is 8.39. The predicted octanol–water partition coefficient (Wildman–Crippen LogP) is 3.72. The molecule has 1 aliphatic rings. The summed E-state index contributed by atoms with van der Waals surface area (Å²) in [5, 5.41) is 8.73. The monoisotopic (exact) mass is 395 g/mol. The largest absolute Gasteiger partial charge is 0.359 e. The van der Waals surface area contributed by atoms with Gasteiger partial charge in [0.15, 0.2) is 11.5 Å². The molecule has 1 fully saturated rings. The van der Waals surface area contributed by atoms with Gasteiger partial charge in [0.1, 0.15) is 0 Å². The summed E-state index contributed by atoms with van der Waals surface area (Å²) >= 11 is 1.60. The quantitative estimate of drug-likeness (QED) is 0.631. The van der Waals surface area contributed by atoms with Crippen LogP contribution in [0.4, 0.5) is 0 Å². The molecule has 0 saturated heterocycles. The maximum Gasteiger partial charge on any atom is 0.273 e. The third-order valence-corrected chi connectivity index (χ3v) is 5.48. The Balaban J connectivity index is 1.47. The number of amides is 2. The first-order valence-electron chi connectivity index (χ1n) is 9.29. The van der Waals surface area contributed by atoms with Gasteiger partial charge in [0, 0.05) is 23.1 Å². The average Bonchev–Trinajstić information content (AvgIpc) is 3.19. The van der Waals surface area contributed by atoms with Crippen LogP contribution >= 0.6 is 11.3 Å². The molecule has 144 valence electrons. The van der Waals surface area contributed by atoms with E-state index in [1.807, 2.05) is 35.7 Å². The predicted molar refractivity (Wildman–Crippen MR) is 106 cm³/mol. The van der Waals surface area contributed by atoms with Gasteiger partial charge in [0.25, 0.3) is 11.8 Å². The molecular formula is C21H21N3O3S. The minimum atomic E-state index is -0.235. The van der Waals surface area contributed by atoms with Crippen molar-refractivity contribution in [2.24, 2.45) is 5.92 Å². The zero-order chi connectivity index (χ0) is 19.3. The van der Waals surface area contributed by atoms with Gasteiger partial charge < -0.3 is 14.7 Å². The molecule has 1 N–H and O–H groups in total. The minimum absolute atomic E-state index is 0.0925. The van der Waals surface area contributed by atoms with Crippen molar-refractivity contribution in [1.29, 1.82) is 0 Å². The van der Waals surface area contributed by atoms with E-state index in [-0.39, 0.29) is 24.1 Å². The molecule has 6 nitrogen and oxygen atoms in total. The first-order chi connectivity index (χ1) is 13.7. The van der Waals surface area contributed by atoms with Crippen molar-refractivity contribution in [3.63, 3.8) is 0 Å². The fourth-order valence-electron chi connectivity index (χ4n) is 2.89. The highest BCUT2D eigenvalue weighted by Gasteiger charge is 2.24. The molecule has 0 spiro atoms. The van der Waals surface area contributed by atoms with E-state index < -0.39 is 0 Å². The first-order valence-corrected chi connectivity index (χ1v) is 10.2. The molecule has 3 aromatic rings. The molecule has 0 aliphatic heterocycles. The number of rotatable bonds is 8. The maximum atomic E-state index is 13.0. The molecule has 1 aromatic carbocycles. The SMILES string of the molecule is O=C(NCC1CC1)c1cc(CN(Cc2cccs2)C(=O)c2ccccc2)on1. The number of benzene rings is 1. The van der Waals surface area contributed by atoms with Crippen LogP contribution in [0.3, 0.4) is 0 Å². The van der Waals surface area contributed by atoms with Crippen molar-refractivity contribution in [1.82, 2.24) is 15.4 Å². The Morgan fingerprint density at radius 2 is 1.96 bits per heavy atom. The topological polar surface area (TPSA) is 75.4 Å². The van der Waals surface area contributed by atoms with E-state index in [0.29, 0.717) is 30.3 Å². The summed E-state index contributed by atoms with van der Waals surface area (Å²) in [5.41, 5.74) is 0.861. The molecule has 0 bridgehead atoms. The van der Waals surface area contributed by atoms with Gasteiger partial charge >= 0.3 is 0 Å². The summed E-state index contributed by atoms with van der Waals surface area (Å²) in [7, 11) is 0. The average molecular weight is 395 g/mol. The molecule has 0 radical (unpaired) electrons. The zero-order valence-corrected chi connectivity index (χ0v) is 16.2. The summed E-state index contributed by atoms with van der Waals surface area (Å²) < 4.78 is 5.34. The van der Waals surface area contributed by atoms with E-state index >= 15 is 0 Å². The van der Waals surface area contributed by atoms with Crippen molar-refractivity contribution >= 4 is 23.2 Å². The van der Waals surface area contributed by atoms with Crippen molar-refractivity contribution in [3.8, 4) is 0 Å². The molecule has 28 heavy (non-hydrogen) atoms. The van der Waals surface area contributed by atoms with Gasteiger partial charge in [0.2, 0.25) is 0 Å². The molecule has 2 heterocycles. The third kappa shape index (κ3) is 4.67. The van der Waals surface area contributed by atoms with Gasteiger partial charge in [-0.2, -0.15) is 0 Å². The van der Waals surface area contributed by atoms with E-state index in [0.717, 1.165) is 4.88 Å². The van der Waals surface area contributed by atoms with Crippen LogP contribution in [0.2, 0.25) is 0 Å². The number of aromatic nitrogens is 1. The Hall–Kier alpha value is -2.93. The van der Waals surface area contributed by atoms with Gasteiger partial charge in [-0.25, -0.2) is 0 Å². The molecule has 1 saturated carbocycles. The highest BCUT2D eigenvalue weighted by Crippen LogP contribution is 2.27. The van der Waals surface area contributed by atoms with Gasteiger partial charge in [-0.1, -0.05) is 29.4 Å². The second-order valence-electron chi connectivity index (χ2n) is 6.94. The van der Waals surface area contributed by atoms with Crippen LogP contribution in [0, 0.1) is 5.92 Å². The summed E-state index contributed by atoms with van der Waals surface area (Å²) in [6, 6.07) is 14.7. The Labute approximate surface area is 167 Å². The van der Waals surface area contributed by atoms with Crippen molar-refractivity contribution in [2.45, 2.75) is 25.9 Å². The van der Waals surface area contributed by atoms with E-state index in [1.165, 1.54) is 12.8 Å². The lowest BCUT2D eigenvalue weighted by molar-refractivity contribution is 0.0715. The molecule has 4 rings (SSSR count). The molecule has 2 aromatic heterocycles. The normalized spacial score (nSPS) is 13.3. The Morgan fingerprint density at radius 1 is 1.14 bits per heavy atom. The number of nitrogens with zero attached hydrogens (tertiary/aromatic N) is 2. The van der Waals surface area contributed by atoms with Crippen LogP contribution in [0.25, 0.3) is 0 Å². The second-order valence-corrected chi connectivity index (χ2v) is 7.97. The van der Waals surface area contributed by atoms with Gasteiger partial charge in [-0.05, 0) is 42.3 Å². The first kappa shape index (κ1) is 18.4. The summed E-state index contributed by atoms with van der Waals surface area (Å²) in [5.74, 6) is 0.753. The fraction of sp³-hybridized carbons (Fsp3) is 0.286. The summed E-state index contributed by atoms with van der Waals surface area (Å²) in [4.78, 5) is 27.9. The van der Waals surface area contributed by atoms with Gasteiger partial charge in [0.05, 0.1) is 13.1 Å². The van der Waals surface area contributed by atoms with E-state index in [4.69, 9.17) is 4.52 Å². The molecule has 1 aliphatic carbocycles. The van der Waals surface area contributed by atoms with Crippen LogP contribution in [0.15, 0.2) is 58.4 Å². The zero-order valence-electron chi connectivity index (χ0n) is 15.3. The molecular weight excluding hydrogens is 374 g/mol. The van der Waals surface area contributed by atoms with Crippen LogP contribution in [0.1, 0.15) is 44.3 Å². The standard InChI is InChI=1S/C21H21N3O3S/c25-20(22-12-15-8-9-15)19-11-17(27-23-19)13-24(14-18-7-4-10-28-18)21(26)16-5-2-1-3-6-16/h1-7,10-11,15H,8-9,12-14H2,(H,22,25). The molecule has 0 unspecified atom stereocenters. The molecule has 0 atom stereocenters. The summed E-state index contributed by atoms with van der Waals surface area (Å²) in [6.45, 7) is 1.39. The van der Waals surface area contributed by atoms with Crippen LogP contribution in [0.5, 0.6) is 0 Å². The number of carbonyl (C=O) groups excluding carboxylic acids is 2.